The van der Waals surface area contributed by atoms with E-state index in [0.717, 1.165) is 26.5 Å². The summed E-state index contributed by atoms with van der Waals surface area (Å²) in [6.07, 6.45) is 0. The lowest BCUT2D eigenvalue weighted by Gasteiger charge is -2.22. The third-order valence-electron chi connectivity index (χ3n) is 5.14. The largest absolute Gasteiger partial charge is 0.293 e. The summed E-state index contributed by atoms with van der Waals surface area (Å²) < 4.78 is -0.493. The van der Waals surface area contributed by atoms with Gasteiger partial charge in [0.15, 0.2) is 11.6 Å². The first-order chi connectivity index (χ1) is 16.3. The minimum atomic E-state index is -0.493. The number of hydrogen-bond acceptors (Lipinski definition) is 4. The molecule has 0 atom stereocenters. The summed E-state index contributed by atoms with van der Waals surface area (Å²) in [6, 6.07) is 34.2. The van der Waals surface area contributed by atoms with E-state index in [2.05, 4.69) is 43.8 Å². The fraction of sp³-hybridized carbons (Fsp3) is 0.133. The Morgan fingerprint density at radius 3 is 1.59 bits per heavy atom. The molecular weight excluding hydrogens is 456 g/mol. The highest BCUT2D eigenvalue weighted by atomic mass is 32.2. The highest BCUT2D eigenvalue weighted by Gasteiger charge is 2.29. The second-order valence-electron chi connectivity index (χ2n) is 8.36. The van der Waals surface area contributed by atoms with Crippen LogP contribution in [0, 0.1) is 6.92 Å². The molecule has 2 nitrogen and oxygen atoms in total. The van der Waals surface area contributed by atoms with Crippen molar-refractivity contribution in [2.45, 2.75) is 35.3 Å². The summed E-state index contributed by atoms with van der Waals surface area (Å²) in [4.78, 5) is 26.4. The van der Waals surface area contributed by atoms with Crippen LogP contribution in [0.4, 0.5) is 0 Å². The zero-order valence-electron chi connectivity index (χ0n) is 19.6. The summed E-state index contributed by atoms with van der Waals surface area (Å²) >= 11 is 5.84. The molecule has 4 aromatic rings. The predicted molar refractivity (Wildman–Crippen MR) is 145 cm³/mol. The van der Waals surface area contributed by atoms with Crippen molar-refractivity contribution < 1.29 is 9.59 Å². The summed E-state index contributed by atoms with van der Waals surface area (Å²) in [7, 11) is 0. The van der Waals surface area contributed by atoms with Gasteiger partial charge < -0.3 is 0 Å². The van der Waals surface area contributed by atoms with Crippen molar-refractivity contribution in [2.75, 3.05) is 0 Å². The Morgan fingerprint density at radius 1 is 0.647 bits per heavy atom. The molecule has 4 heteroatoms. The lowest BCUT2D eigenvalue weighted by atomic mass is 10.0. The normalized spacial score (nSPS) is 10.7. The van der Waals surface area contributed by atoms with Gasteiger partial charge in [-0.3, -0.25) is 9.59 Å². The van der Waals surface area contributed by atoms with E-state index >= 15 is 0 Å². The summed E-state index contributed by atoms with van der Waals surface area (Å²) in [6.45, 7) is 5.99. The molecule has 0 saturated heterocycles. The number of aryl methyl sites for hydroxylation is 1. The Kier molecular flexibility index (Phi) is 8.91. The molecule has 0 radical (unpaired) electrons. The van der Waals surface area contributed by atoms with Gasteiger partial charge in [0.2, 0.25) is 0 Å². The molecule has 34 heavy (non-hydrogen) atoms. The second-order valence-corrected chi connectivity index (χ2v) is 10.6. The van der Waals surface area contributed by atoms with Crippen molar-refractivity contribution in [3.05, 3.63) is 131 Å². The average molecular weight is 485 g/mol. The molecule has 0 aliphatic rings. The maximum atomic E-state index is 12.6. The molecule has 0 amide bonds. The van der Waals surface area contributed by atoms with Gasteiger partial charge in [-0.1, -0.05) is 90.5 Å². The van der Waals surface area contributed by atoms with Crippen molar-refractivity contribution in [3.63, 3.8) is 0 Å². The SMILES string of the molecule is Cc1ccc(SC(C)(C)C(=O)c2ccc(S)cc2)cc1.O=C(c1ccccc1)c1ccccc1. The zero-order valence-corrected chi connectivity index (χ0v) is 21.3. The summed E-state index contributed by atoms with van der Waals surface area (Å²) in [5, 5.41) is 0. The van der Waals surface area contributed by atoms with Gasteiger partial charge >= 0.3 is 0 Å². The number of Topliss-reactive ketones (excluding diaryl/α,β-unsaturated/α-hetero) is 1. The number of rotatable bonds is 6. The van der Waals surface area contributed by atoms with Crippen molar-refractivity contribution in [2.24, 2.45) is 0 Å². The summed E-state index contributed by atoms with van der Waals surface area (Å²) in [5.41, 5.74) is 3.42. The molecular formula is C30H28O2S2. The van der Waals surface area contributed by atoms with Crippen LogP contribution in [-0.2, 0) is 0 Å². The van der Waals surface area contributed by atoms with Gasteiger partial charge in [-0.25, -0.2) is 0 Å². The maximum absolute atomic E-state index is 12.6. The molecule has 0 unspecified atom stereocenters. The van der Waals surface area contributed by atoms with E-state index < -0.39 is 4.75 Å². The minimum Gasteiger partial charge on any atom is -0.293 e. The Balaban J connectivity index is 0.000000202. The van der Waals surface area contributed by atoms with E-state index in [0.29, 0.717) is 0 Å². The van der Waals surface area contributed by atoms with Crippen molar-refractivity contribution in [1.29, 1.82) is 0 Å². The van der Waals surface area contributed by atoms with Crippen LogP contribution in [0.15, 0.2) is 119 Å². The highest BCUT2D eigenvalue weighted by molar-refractivity contribution is 8.01. The van der Waals surface area contributed by atoms with Crippen LogP contribution in [0.5, 0.6) is 0 Å². The van der Waals surface area contributed by atoms with Gasteiger partial charge in [-0.15, -0.1) is 24.4 Å². The Bertz CT molecular complexity index is 1170. The van der Waals surface area contributed by atoms with Crippen LogP contribution in [0.3, 0.4) is 0 Å². The van der Waals surface area contributed by atoms with Gasteiger partial charge in [-0.05, 0) is 45.0 Å². The molecule has 172 valence electrons. The van der Waals surface area contributed by atoms with Gasteiger partial charge in [0, 0.05) is 26.5 Å². The fourth-order valence-electron chi connectivity index (χ4n) is 3.25. The first-order valence-electron chi connectivity index (χ1n) is 11.0. The molecule has 0 aliphatic heterocycles. The Morgan fingerprint density at radius 2 is 1.12 bits per heavy atom. The molecule has 0 heterocycles. The van der Waals surface area contributed by atoms with Crippen LogP contribution < -0.4 is 0 Å². The maximum Gasteiger partial charge on any atom is 0.193 e. The van der Waals surface area contributed by atoms with E-state index in [1.807, 2.05) is 98.8 Å². The number of carbonyl (C=O) groups is 2. The first kappa shape index (κ1) is 25.5. The summed E-state index contributed by atoms with van der Waals surface area (Å²) in [5.74, 6) is 0.211. The number of benzene rings is 4. The van der Waals surface area contributed by atoms with Crippen LogP contribution in [0.25, 0.3) is 0 Å². The van der Waals surface area contributed by atoms with Crippen LogP contribution in [-0.4, -0.2) is 16.3 Å². The average Bonchev–Trinajstić information content (AvgIpc) is 2.86. The van der Waals surface area contributed by atoms with E-state index in [1.54, 1.807) is 11.8 Å². The number of ketones is 2. The van der Waals surface area contributed by atoms with Gasteiger partial charge in [-0.2, -0.15) is 0 Å². The van der Waals surface area contributed by atoms with Crippen molar-refractivity contribution in [3.8, 4) is 0 Å². The number of thioether (sulfide) groups is 1. The third kappa shape index (κ3) is 7.21. The fourth-order valence-corrected chi connectivity index (χ4v) is 4.47. The molecule has 0 spiro atoms. The molecule has 4 aromatic carbocycles. The number of thiol groups is 1. The first-order valence-corrected chi connectivity index (χ1v) is 12.3. The van der Waals surface area contributed by atoms with E-state index in [-0.39, 0.29) is 11.6 Å². The van der Waals surface area contributed by atoms with Gasteiger partial charge in [0.1, 0.15) is 0 Å². The van der Waals surface area contributed by atoms with Crippen LogP contribution in [0.2, 0.25) is 0 Å². The van der Waals surface area contributed by atoms with Gasteiger partial charge in [0.05, 0.1) is 4.75 Å². The molecule has 0 fully saturated rings. The van der Waals surface area contributed by atoms with E-state index in [4.69, 9.17) is 0 Å². The monoisotopic (exact) mass is 484 g/mol. The quantitative estimate of drug-likeness (QED) is 0.171. The lowest BCUT2D eigenvalue weighted by molar-refractivity contribution is 0.0957. The number of carbonyl (C=O) groups excluding carboxylic acids is 2. The number of hydrogen-bond donors (Lipinski definition) is 1. The predicted octanol–water partition coefficient (Wildman–Crippen LogP) is 7.95. The molecule has 4 rings (SSSR count). The third-order valence-corrected chi connectivity index (χ3v) is 6.64. The topological polar surface area (TPSA) is 34.1 Å². The smallest absolute Gasteiger partial charge is 0.193 e. The van der Waals surface area contributed by atoms with Crippen molar-refractivity contribution >= 4 is 36.0 Å². The standard InChI is InChI=1S/C17H18OS2.C13H10O/c1-12-4-10-15(11-5-12)20-17(2,3)16(18)13-6-8-14(19)9-7-13;14-13(11-7-3-1-4-8-11)12-9-5-2-6-10-12/h4-11,19H,1-3H3;1-10H. The van der Waals surface area contributed by atoms with Gasteiger partial charge in [0.25, 0.3) is 0 Å². The molecule has 0 N–H and O–H groups in total. The van der Waals surface area contributed by atoms with Crippen molar-refractivity contribution in [1.82, 2.24) is 0 Å². The highest BCUT2D eigenvalue weighted by Crippen LogP contribution is 2.35. The molecule has 0 bridgehead atoms. The van der Waals surface area contributed by atoms with E-state index in [9.17, 15) is 9.59 Å². The Hall–Kier alpha value is -3.08. The molecule has 0 aliphatic carbocycles. The molecule has 0 aromatic heterocycles. The lowest BCUT2D eigenvalue weighted by Crippen LogP contribution is -2.27. The van der Waals surface area contributed by atoms with E-state index in [1.165, 1.54) is 5.56 Å². The Labute approximate surface area is 211 Å². The second kappa shape index (κ2) is 11.9. The van der Waals surface area contributed by atoms with Crippen LogP contribution >= 0.6 is 24.4 Å². The molecule has 0 saturated carbocycles. The minimum absolute atomic E-state index is 0.0752. The van der Waals surface area contributed by atoms with Crippen LogP contribution in [0.1, 0.15) is 45.7 Å². The zero-order chi connectivity index (χ0) is 24.6.